The summed E-state index contributed by atoms with van der Waals surface area (Å²) in [7, 11) is 1.61. The maximum Gasteiger partial charge on any atom is 0.230 e. The highest BCUT2D eigenvalue weighted by atomic mass is 35.5. The molecule has 0 saturated heterocycles. The van der Waals surface area contributed by atoms with Crippen LogP contribution in [0.4, 0.5) is 0 Å². The number of thioether (sulfide) groups is 1. The van der Waals surface area contributed by atoms with Crippen LogP contribution < -0.4 is 5.32 Å². The first-order valence-electron chi connectivity index (χ1n) is 4.07. The van der Waals surface area contributed by atoms with E-state index in [0.29, 0.717) is 18.2 Å². The van der Waals surface area contributed by atoms with Gasteiger partial charge in [-0.05, 0) is 12.7 Å². The van der Waals surface area contributed by atoms with Gasteiger partial charge in [-0.1, -0.05) is 0 Å². The molecular weight excluding hydrogens is 210 g/mol. The van der Waals surface area contributed by atoms with Crippen LogP contribution in [-0.4, -0.2) is 43.6 Å². The molecule has 0 aromatic heterocycles. The molecule has 0 aromatic carbocycles. The second-order valence-corrected chi connectivity index (χ2v) is 3.87. The van der Waals surface area contributed by atoms with Gasteiger partial charge in [0.15, 0.2) is 0 Å². The van der Waals surface area contributed by atoms with Crippen LogP contribution in [-0.2, 0) is 9.53 Å². The summed E-state index contributed by atoms with van der Waals surface area (Å²) in [6.45, 7) is 0.521. The van der Waals surface area contributed by atoms with E-state index in [4.69, 9.17) is 16.3 Å². The molecule has 1 amide bonds. The Morgan fingerprint density at radius 2 is 2.38 bits per heavy atom. The molecule has 0 aromatic rings. The zero-order valence-electron chi connectivity index (χ0n) is 8.01. The number of hydrogen-bond acceptors (Lipinski definition) is 3. The number of ether oxygens (including phenoxy) is 1. The van der Waals surface area contributed by atoms with Crippen LogP contribution in [0, 0.1) is 0 Å². The minimum absolute atomic E-state index is 0.0414. The number of alkyl halides is 1. The zero-order valence-corrected chi connectivity index (χ0v) is 9.58. The van der Waals surface area contributed by atoms with E-state index in [1.807, 2.05) is 6.26 Å². The molecule has 0 fully saturated rings. The molecule has 0 aliphatic rings. The van der Waals surface area contributed by atoms with E-state index in [9.17, 15) is 4.79 Å². The first kappa shape index (κ1) is 13.1. The lowest BCUT2D eigenvalue weighted by molar-refractivity contribution is -0.119. The van der Waals surface area contributed by atoms with Crippen molar-refractivity contribution in [2.45, 2.75) is 12.5 Å². The minimum Gasteiger partial charge on any atom is -0.383 e. The van der Waals surface area contributed by atoms with E-state index in [0.717, 1.165) is 6.42 Å². The Bertz CT molecular complexity index is 140. The average molecular weight is 226 g/mol. The molecule has 0 aliphatic heterocycles. The monoisotopic (exact) mass is 225 g/mol. The van der Waals surface area contributed by atoms with Crippen molar-refractivity contribution in [3.63, 3.8) is 0 Å². The first-order chi connectivity index (χ1) is 6.24. The molecule has 5 heteroatoms. The number of amides is 1. The molecule has 0 aliphatic carbocycles. The summed E-state index contributed by atoms with van der Waals surface area (Å²) in [5.41, 5.74) is 0. The van der Waals surface area contributed by atoms with Crippen molar-refractivity contribution in [2.24, 2.45) is 0 Å². The Morgan fingerprint density at radius 1 is 1.69 bits per heavy atom. The van der Waals surface area contributed by atoms with Crippen molar-refractivity contribution < 1.29 is 9.53 Å². The van der Waals surface area contributed by atoms with Gasteiger partial charge in [-0.15, -0.1) is 11.6 Å². The number of hydrogen-bond donors (Lipinski definition) is 1. The summed E-state index contributed by atoms with van der Waals surface area (Å²) in [6.07, 6.45) is 2.64. The predicted octanol–water partition coefficient (Wildman–Crippen LogP) is 1.11. The van der Waals surface area contributed by atoms with Gasteiger partial charge in [-0.2, -0.15) is 11.8 Å². The van der Waals surface area contributed by atoms with Crippen molar-refractivity contribution in [1.29, 1.82) is 0 Å². The van der Waals surface area contributed by atoms with Crippen molar-refractivity contribution in [2.75, 3.05) is 31.6 Å². The molecule has 0 heterocycles. The molecular formula is C8H16ClNO2S. The molecule has 1 N–H and O–H groups in total. The minimum atomic E-state index is 0.0414. The van der Waals surface area contributed by atoms with E-state index >= 15 is 0 Å². The number of halogens is 1. The smallest absolute Gasteiger partial charge is 0.230 e. The van der Waals surface area contributed by atoms with Gasteiger partial charge in [0.25, 0.3) is 0 Å². The molecule has 1 atom stereocenters. The highest BCUT2D eigenvalue weighted by Crippen LogP contribution is 1.97. The fourth-order valence-corrected chi connectivity index (χ4v) is 1.54. The van der Waals surface area contributed by atoms with Gasteiger partial charge in [-0.25, -0.2) is 0 Å². The van der Waals surface area contributed by atoms with E-state index < -0.39 is 0 Å². The van der Waals surface area contributed by atoms with Crippen LogP contribution in [0.25, 0.3) is 0 Å². The van der Waals surface area contributed by atoms with E-state index in [1.165, 1.54) is 11.8 Å². The van der Waals surface area contributed by atoms with Gasteiger partial charge in [0.05, 0.1) is 18.4 Å². The molecule has 1 unspecified atom stereocenters. The van der Waals surface area contributed by atoms with Gasteiger partial charge in [-0.3, -0.25) is 4.79 Å². The number of nitrogens with one attached hydrogen (secondary N) is 1. The summed E-state index contributed by atoms with van der Waals surface area (Å²) in [4.78, 5) is 11.2. The van der Waals surface area contributed by atoms with E-state index in [-0.39, 0.29) is 11.9 Å². The average Bonchev–Trinajstić information content (AvgIpc) is 2.05. The fourth-order valence-electron chi connectivity index (χ4n) is 0.930. The summed E-state index contributed by atoms with van der Waals surface area (Å²) < 4.78 is 4.96. The van der Waals surface area contributed by atoms with Gasteiger partial charge >= 0.3 is 0 Å². The van der Waals surface area contributed by atoms with Crippen LogP contribution in [0.5, 0.6) is 0 Å². The highest BCUT2D eigenvalue weighted by molar-refractivity contribution is 7.99. The topological polar surface area (TPSA) is 38.3 Å². The Labute approximate surface area is 88.5 Å². The van der Waals surface area contributed by atoms with Crippen molar-refractivity contribution in [3.05, 3.63) is 0 Å². The lowest BCUT2D eigenvalue weighted by Crippen LogP contribution is -2.39. The van der Waals surface area contributed by atoms with Crippen LogP contribution in [0.15, 0.2) is 0 Å². The quantitative estimate of drug-likeness (QED) is 0.660. The van der Waals surface area contributed by atoms with Crippen molar-refractivity contribution in [1.82, 2.24) is 5.32 Å². The third kappa shape index (κ3) is 7.16. The van der Waals surface area contributed by atoms with Crippen molar-refractivity contribution >= 4 is 29.3 Å². The Morgan fingerprint density at radius 3 is 2.85 bits per heavy atom. The maximum atomic E-state index is 11.2. The van der Waals surface area contributed by atoms with Gasteiger partial charge < -0.3 is 10.1 Å². The molecule has 0 radical (unpaired) electrons. The largest absolute Gasteiger partial charge is 0.383 e. The molecule has 0 bridgehead atoms. The zero-order chi connectivity index (χ0) is 10.1. The van der Waals surface area contributed by atoms with Gasteiger partial charge in [0, 0.05) is 13.0 Å². The van der Waals surface area contributed by atoms with Gasteiger partial charge in [0.1, 0.15) is 0 Å². The predicted molar refractivity (Wildman–Crippen MR) is 57.5 cm³/mol. The molecule has 3 nitrogen and oxygen atoms in total. The van der Waals surface area contributed by atoms with Gasteiger partial charge in [0.2, 0.25) is 5.91 Å². The second-order valence-electron chi connectivity index (χ2n) is 2.63. The molecule has 0 rings (SSSR count). The lowest BCUT2D eigenvalue weighted by atomic mass is 10.2. The third-order valence-corrected chi connectivity index (χ3v) is 2.24. The second kappa shape index (κ2) is 8.66. The maximum absolute atomic E-state index is 11.2. The lowest BCUT2D eigenvalue weighted by Gasteiger charge is -2.16. The standard InChI is InChI=1S/C8H16ClNO2S/c1-12-5-7(3-4-9)10-8(11)6-13-2/h7H,3-6H2,1-2H3,(H,10,11). The summed E-state index contributed by atoms with van der Waals surface area (Å²) >= 11 is 7.08. The van der Waals surface area contributed by atoms with Crippen LogP contribution in [0.1, 0.15) is 6.42 Å². The molecule has 13 heavy (non-hydrogen) atoms. The molecule has 0 saturated carbocycles. The Hall–Kier alpha value is 0.0700. The molecule has 0 spiro atoms. The van der Waals surface area contributed by atoms with Crippen molar-refractivity contribution in [3.8, 4) is 0 Å². The normalized spacial score (nSPS) is 12.5. The highest BCUT2D eigenvalue weighted by Gasteiger charge is 2.10. The van der Waals surface area contributed by atoms with Crippen LogP contribution in [0.2, 0.25) is 0 Å². The Kier molecular flexibility index (Phi) is 8.71. The summed E-state index contributed by atoms with van der Waals surface area (Å²) in [5.74, 6) is 1.07. The van der Waals surface area contributed by atoms with Crippen LogP contribution >= 0.6 is 23.4 Å². The Balaban J connectivity index is 3.71. The number of carbonyl (C=O) groups is 1. The number of methoxy groups -OCH3 is 1. The fraction of sp³-hybridized carbons (Fsp3) is 0.875. The summed E-state index contributed by atoms with van der Waals surface area (Å²) in [6, 6.07) is 0.0437. The number of rotatable bonds is 7. The van der Waals surface area contributed by atoms with E-state index in [2.05, 4.69) is 5.32 Å². The van der Waals surface area contributed by atoms with E-state index in [1.54, 1.807) is 7.11 Å². The molecule has 78 valence electrons. The first-order valence-corrected chi connectivity index (χ1v) is 6.00. The van der Waals surface area contributed by atoms with Crippen LogP contribution in [0.3, 0.4) is 0 Å². The SMILES string of the molecule is COCC(CCCl)NC(=O)CSC. The summed E-state index contributed by atoms with van der Waals surface area (Å²) in [5, 5.41) is 2.85. The third-order valence-electron chi connectivity index (χ3n) is 1.47. The number of carbonyl (C=O) groups excluding carboxylic acids is 1.